The van der Waals surface area contributed by atoms with Crippen LogP contribution in [0.5, 0.6) is 0 Å². The number of aromatic nitrogens is 2. The molecule has 1 aromatic rings. The molecule has 0 aliphatic heterocycles. The van der Waals surface area contributed by atoms with Gasteiger partial charge in [0.2, 0.25) is 0 Å². The molecule has 0 aromatic carbocycles. The fourth-order valence-corrected chi connectivity index (χ4v) is 0.825. The second kappa shape index (κ2) is 2.72. The second-order valence-corrected chi connectivity index (χ2v) is 2.91. The normalized spacial score (nSPS) is 9.25. The highest BCUT2D eigenvalue weighted by molar-refractivity contribution is 14.1. The quantitative estimate of drug-likeness (QED) is 0.680. The van der Waals surface area contributed by atoms with Gasteiger partial charge in [0.1, 0.15) is 8.30 Å². The summed E-state index contributed by atoms with van der Waals surface area (Å²) in [7, 11) is 0. The van der Waals surface area contributed by atoms with Crippen LogP contribution < -0.4 is 0 Å². The first-order valence-electron chi connectivity index (χ1n) is 1.92. The van der Waals surface area contributed by atoms with E-state index in [1.165, 1.54) is 0 Å². The van der Waals surface area contributed by atoms with Crippen molar-refractivity contribution in [1.29, 1.82) is 0 Å². The summed E-state index contributed by atoms with van der Waals surface area (Å²) in [5.41, 5.74) is 0. The lowest BCUT2D eigenvalue weighted by molar-refractivity contribution is 1.12. The summed E-state index contributed by atoms with van der Waals surface area (Å²) in [4.78, 5) is 7.88. The van der Waals surface area contributed by atoms with Gasteiger partial charge in [-0.2, -0.15) is 0 Å². The Bertz CT molecular complexity index is 170. The molecule has 0 bridgehead atoms. The van der Waals surface area contributed by atoms with Crippen LogP contribution in [0.25, 0.3) is 0 Å². The van der Waals surface area contributed by atoms with Crippen molar-refractivity contribution in [2.75, 3.05) is 0 Å². The molecule has 42 valence electrons. The summed E-state index contributed by atoms with van der Waals surface area (Å²) in [5, 5.41) is 0. The van der Waals surface area contributed by atoms with Gasteiger partial charge in [0.15, 0.2) is 0 Å². The smallest absolute Gasteiger partial charge is 0.137 e. The van der Waals surface area contributed by atoms with Gasteiger partial charge in [-0.15, -0.1) is 0 Å². The summed E-state index contributed by atoms with van der Waals surface area (Å²) in [5.74, 6) is 0. The van der Waals surface area contributed by atoms with E-state index in [2.05, 4.69) is 48.5 Å². The minimum absolute atomic E-state index is 0.806. The number of hydrogen-bond donors (Lipinski definition) is 0. The largest absolute Gasteiger partial charge is 0.246 e. The van der Waals surface area contributed by atoms with Gasteiger partial charge in [-0.05, 0) is 38.5 Å². The van der Waals surface area contributed by atoms with Gasteiger partial charge in [0.05, 0.1) is 0 Å². The maximum Gasteiger partial charge on any atom is 0.137 e. The van der Waals surface area contributed by atoms with E-state index in [9.17, 15) is 0 Å². The monoisotopic (exact) mass is 284 g/mol. The van der Waals surface area contributed by atoms with Crippen molar-refractivity contribution in [3.8, 4) is 0 Å². The van der Waals surface area contributed by atoms with Crippen molar-refractivity contribution in [3.05, 3.63) is 20.7 Å². The third kappa shape index (κ3) is 1.38. The topological polar surface area (TPSA) is 25.8 Å². The molecule has 0 aliphatic rings. The van der Waals surface area contributed by atoms with Gasteiger partial charge in [0, 0.05) is 12.4 Å². The Morgan fingerprint density at radius 1 is 1.38 bits per heavy atom. The maximum atomic E-state index is 3.96. The highest BCUT2D eigenvalue weighted by Crippen LogP contribution is 2.10. The van der Waals surface area contributed by atoms with Gasteiger partial charge in [-0.25, -0.2) is 9.97 Å². The zero-order chi connectivity index (χ0) is 5.98. The zero-order valence-electron chi connectivity index (χ0n) is 3.81. The summed E-state index contributed by atoms with van der Waals surface area (Å²) < 4.78 is 1.70. The third-order valence-electron chi connectivity index (χ3n) is 0.613. The number of hydrogen-bond acceptors (Lipinski definition) is 2. The summed E-state index contributed by atoms with van der Waals surface area (Å²) >= 11 is 5.32. The molecule has 1 rings (SSSR count). The van der Waals surface area contributed by atoms with E-state index < -0.39 is 0 Å². The Morgan fingerprint density at radius 3 is 2.38 bits per heavy atom. The van der Waals surface area contributed by atoms with Crippen molar-refractivity contribution in [2.24, 2.45) is 0 Å². The number of rotatable bonds is 0. The van der Waals surface area contributed by atoms with E-state index in [1.807, 2.05) is 0 Å². The lowest BCUT2D eigenvalue weighted by Gasteiger charge is -1.87. The highest BCUT2D eigenvalue weighted by Gasteiger charge is 1.91. The number of halogens is 2. The molecule has 0 saturated heterocycles. The first-order valence-corrected chi connectivity index (χ1v) is 3.80. The van der Waals surface area contributed by atoms with Gasteiger partial charge in [-0.3, -0.25) is 0 Å². The lowest BCUT2D eigenvalue weighted by atomic mass is 10.8. The van der Waals surface area contributed by atoms with Gasteiger partial charge < -0.3 is 0 Å². The first-order chi connectivity index (χ1) is 3.80. The third-order valence-corrected chi connectivity index (χ3v) is 2.72. The second-order valence-electron chi connectivity index (χ2n) is 1.14. The summed E-state index contributed by atoms with van der Waals surface area (Å²) in [6, 6.07) is 0. The van der Waals surface area contributed by atoms with Gasteiger partial charge in [-0.1, -0.05) is 0 Å². The predicted molar refractivity (Wildman–Crippen MR) is 42.4 cm³/mol. The van der Waals surface area contributed by atoms with E-state index >= 15 is 0 Å². The lowest BCUT2D eigenvalue weighted by Crippen LogP contribution is -1.82. The van der Waals surface area contributed by atoms with E-state index in [0.29, 0.717) is 0 Å². The number of nitrogens with zero attached hydrogens (tertiary/aromatic N) is 2. The molecule has 0 radical (unpaired) electrons. The Kier molecular flexibility index (Phi) is 2.18. The van der Waals surface area contributed by atoms with Gasteiger partial charge >= 0.3 is 0 Å². The molecule has 0 N–H and O–H groups in total. The molecular weight excluding hydrogens is 283 g/mol. The molecule has 8 heavy (non-hydrogen) atoms. The Labute approximate surface area is 69.0 Å². The molecule has 0 fully saturated rings. The standard InChI is InChI=1S/C4H2BrIN2/c5-3-4(6)8-2-1-7-3/h1-2H. The predicted octanol–water partition coefficient (Wildman–Crippen LogP) is 1.84. The fraction of sp³-hybridized carbons (Fsp3) is 0. The van der Waals surface area contributed by atoms with E-state index in [4.69, 9.17) is 0 Å². The van der Waals surface area contributed by atoms with Crippen LogP contribution in [0.3, 0.4) is 0 Å². The van der Waals surface area contributed by atoms with Crippen LogP contribution in [0.4, 0.5) is 0 Å². The molecular formula is C4H2BrIN2. The van der Waals surface area contributed by atoms with Crippen LogP contribution >= 0.6 is 38.5 Å². The molecule has 1 aromatic heterocycles. The molecule has 0 atom stereocenters. The molecule has 0 saturated carbocycles. The fourth-order valence-electron chi connectivity index (χ4n) is 0.304. The van der Waals surface area contributed by atoms with Crippen molar-refractivity contribution in [2.45, 2.75) is 0 Å². The maximum absolute atomic E-state index is 3.96. The van der Waals surface area contributed by atoms with Crippen LogP contribution in [-0.4, -0.2) is 9.97 Å². The summed E-state index contributed by atoms with van der Waals surface area (Å²) in [6.07, 6.45) is 3.30. The molecule has 2 nitrogen and oxygen atoms in total. The highest BCUT2D eigenvalue weighted by atomic mass is 127. The van der Waals surface area contributed by atoms with E-state index in [0.717, 1.165) is 8.30 Å². The van der Waals surface area contributed by atoms with Crippen molar-refractivity contribution < 1.29 is 0 Å². The van der Waals surface area contributed by atoms with Crippen molar-refractivity contribution >= 4 is 38.5 Å². The van der Waals surface area contributed by atoms with Crippen molar-refractivity contribution in [3.63, 3.8) is 0 Å². The van der Waals surface area contributed by atoms with E-state index in [1.54, 1.807) is 12.4 Å². The minimum Gasteiger partial charge on any atom is -0.246 e. The molecule has 0 aliphatic carbocycles. The van der Waals surface area contributed by atoms with Crippen LogP contribution in [-0.2, 0) is 0 Å². The van der Waals surface area contributed by atoms with Crippen LogP contribution in [0.2, 0.25) is 0 Å². The Morgan fingerprint density at radius 2 is 2.00 bits per heavy atom. The minimum atomic E-state index is 0.806. The molecule has 4 heteroatoms. The Hall–Kier alpha value is 0.290. The van der Waals surface area contributed by atoms with Crippen molar-refractivity contribution in [1.82, 2.24) is 9.97 Å². The van der Waals surface area contributed by atoms with Crippen LogP contribution in [0.1, 0.15) is 0 Å². The zero-order valence-corrected chi connectivity index (χ0v) is 7.55. The average molecular weight is 285 g/mol. The Balaban J connectivity index is 3.13. The molecule has 0 unspecified atom stereocenters. The SMILES string of the molecule is Brc1nccnc1I. The molecule has 0 spiro atoms. The van der Waals surface area contributed by atoms with E-state index in [-0.39, 0.29) is 0 Å². The van der Waals surface area contributed by atoms with Crippen LogP contribution in [0.15, 0.2) is 17.0 Å². The van der Waals surface area contributed by atoms with Crippen LogP contribution in [0, 0.1) is 3.70 Å². The molecule has 1 heterocycles. The summed E-state index contributed by atoms with van der Waals surface area (Å²) in [6.45, 7) is 0. The molecule has 0 amide bonds. The first kappa shape index (κ1) is 6.41. The average Bonchev–Trinajstić information content (AvgIpc) is 1.77. The van der Waals surface area contributed by atoms with Gasteiger partial charge in [0.25, 0.3) is 0 Å².